The van der Waals surface area contributed by atoms with Crippen LogP contribution < -0.4 is 15.4 Å². The van der Waals surface area contributed by atoms with E-state index in [0.29, 0.717) is 33.8 Å². The molecule has 0 aliphatic rings. The number of thiophene rings is 1. The highest BCUT2D eigenvalue weighted by molar-refractivity contribution is 7.99. The fourth-order valence-corrected chi connectivity index (χ4v) is 3.46. The summed E-state index contributed by atoms with van der Waals surface area (Å²) in [5.41, 5.74) is 0.632. The van der Waals surface area contributed by atoms with Crippen LogP contribution in [0.25, 0.3) is 0 Å². The lowest BCUT2D eigenvalue weighted by molar-refractivity contribution is -0.113. The summed E-state index contributed by atoms with van der Waals surface area (Å²) in [7, 11) is 0. The van der Waals surface area contributed by atoms with Gasteiger partial charge in [-0.2, -0.15) is 0 Å². The number of nitrogens with one attached hydrogen (secondary N) is 2. The van der Waals surface area contributed by atoms with Gasteiger partial charge in [0, 0.05) is 0 Å². The second-order valence-corrected chi connectivity index (χ2v) is 7.40. The van der Waals surface area contributed by atoms with Crippen molar-refractivity contribution in [2.75, 3.05) is 23.0 Å². The van der Waals surface area contributed by atoms with E-state index < -0.39 is 0 Å². The molecule has 0 radical (unpaired) electrons. The minimum absolute atomic E-state index is 0.172. The number of nitrogens with zero attached hydrogens (tertiary/aromatic N) is 2. The van der Waals surface area contributed by atoms with Gasteiger partial charge in [0.15, 0.2) is 5.82 Å². The molecule has 2 heterocycles. The number of anilines is 2. The molecule has 0 fully saturated rings. The number of amides is 2. The standard InChI is InChI=1S/C19H18N4O3S2/c1-2-26-14-7-4-3-6-13(14)20-17(24)12-28-18-10-9-16(22-23-18)21-19(25)15-8-5-11-27-15/h3-11H,2,12H2,1H3,(H,20,24)(H,21,22,25). The van der Waals surface area contributed by atoms with Crippen LogP contribution in [0.4, 0.5) is 11.5 Å². The minimum Gasteiger partial charge on any atom is -0.492 e. The number of para-hydroxylation sites is 2. The highest BCUT2D eigenvalue weighted by Gasteiger charge is 2.10. The predicted octanol–water partition coefficient (Wildman–Crippen LogP) is 3.92. The van der Waals surface area contributed by atoms with Crippen molar-refractivity contribution in [3.8, 4) is 5.75 Å². The maximum absolute atomic E-state index is 12.2. The SMILES string of the molecule is CCOc1ccccc1NC(=O)CSc1ccc(NC(=O)c2cccs2)nn1. The lowest BCUT2D eigenvalue weighted by Crippen LogP contribution is -2.15. The van der Waals surface area contributed by atoms with Crippen LogP contribution in [0.15, 0.2) is 58.9 Å². The van der Waals surface area contributed by atoms with Crippen LogP contribution in [0.2, 0.25) is 0 Å². The second kappa shape index (κ2) is 9.86. The molecule has 7 nitrogen and oxygen atoms in total. The Balaban J connectivity index is 1.51. The number of thioether (sulfide) groups is 1. The van der Waals surface area contributed by atoms with Crippen LogP contribution in [0.3, 0.4) is 0 Å². The molecule has 144 valence electrons. The zero-order valence-electron chi connectivity index (χ0n) is 15.0. The van der Waals surface area contributed by atoms with Crippen LogP contribution in [-0.4, -0.2) is 34.4 Å². The highest BCUT2D eigenvalue weighted by atomic mass is 32.2. The molecule has 0 aliphatic carbocycles. The van der Waals surface area contributed by atoms with Gasteiger partial charge in [0.05, 0.1) is 22.9 Å². The molecule has 3 rings (SSSR count). The Hall–Kier alpha value is -2.91. The van der Waals surface area contributed by atoms with E-state index in [1.54, 1.807) is 30.3 Å². The van der Waals surface area contributed by atoms with Crippen molar-refractivity contribution in [1.29, 1.82) is 0 Å². The lowest BCUT2D eigenvalue weighted by atomic mass is 10.3. The number of benzene rings is 1. The molecule has 0 atom stereocenters. The first-order valence-electron chi connectivity index (χ1n) is 8.48. The van der Waals surface area contributed by atoms with Gasteiger partial charge in [-0.05, 0) is 42.6 Å². The molecule has 3 aromatic rings. The van der Waals surface area contributed by atoms with E-state index in [9.17, 15) is 9.59 Å². The molecule has 2 aromatic heterocycles. The lowest BCUT2D eigenvalue weighted by Gasteiger charge is -2.11. The third-order valence-corrected chi connectivity index (χ3v) is 5.23. The summed E-state index contributed by atoms with van der Waals surface area (Å²) in [4.78, 5) is 24.8. The van der Waals surface area contributed by atoms with E-state index in [0.717, 1.165) is 0 Å². The first kappa shape index (κ1) is 19.8. The molecule has 2 amide bonds. The van der Waals surface area contributed by atoms with Crippen molar-refractivity contribution in [3.63, 3.8) is 0 Å². The van der Waals surface area contributed by atoms with Crippen LogP contribution in [-0.2, 0) is 4.79 Å². The smallest absolute Gasteiger partial charge is 0.266 e. The van der Waals surface area contributed by atoms with E-state index in [1.807, 2.05) is 30.5 Å². The average molecular weight is 415 g/mol. The first-order chi connectivity index (χ1) is 13.7. The minimum atomic E-state index is -0.225. The summed E-state index contributed by atoms with van der Waals surface area (Å²) in [5.74, 6) is 0.772. The molecular formula is C19H18N4O3S2. The monoisotopic (exact) mass is 414 g/mol. The number of aromatic nitrogens is 2. The molecule has 9 heteroatoms. The van der Waals surface area contributed by atoms with E-state index >= 15 is 0 Å². The van der Waals surface area contributed by atoms with Crippen molar-refractivity contribution < 1.29 is 14.3 Å². The van der Waals surface area contributed by atoms with Crippen molar-refractivity contribution in [2.45, 2.75) is 11.9 Å². The van der Waals surface area contributed by atoms with Gasteiger partial charge in [0.1, 0.15) is 10.8 Å². The van der Waals surface area contributed by atoms with Gasteiger partial charge >= 0.3 is 0 Å². The van der Waals surface area contributed by atoms with Gasteiger partial charge in [0.2, 0.25) is 5.91 Å². The predicted molar refractivity (Wildman–Crippen MR) is 111 cm³/mol. The maximum atomic E-state index is 12.2. The normalized spacial score (nSPS) is 10.3. The molecule has 0 aliphatic heterocycles. The van der Waals surface area contributed by atoms with Gasteiger partial charge in [-0.1, -0.05) is 30.0 Å². The molecule has 28 heavy (non-hydrogen) atoms. The molecule has 0 unspecified atom stereocenters. The average Bonchev–Trinajstić information content (AvgIpc) is 3.24. The molecule has 1 aromatic carbocycles. The topological polar surface area (TPSA) is 93.2 Å². The number of ether oxygens (including phenoxy) is 1. The van der Waals surface area contributed by atoms with E-state index in [4.69, 9.17) is 4.74 Å². The molecule has 0 spiro atoms. The number of carbonyl (C=O) groups excluding carboxylic acids is 2. The van der Waals surface area contributed by atoms with Crippen molar-refractivity contribution >= 4 is 46.4 Å². The molecular weight excluding hydrogens is 396 g/mol. The Morgan fingerprint density at radius 2 is 1.93 bits per heavy atom. The molecule has 0 saturated heterocycles. The zero-order valence-corrected chi connectivity index (χ0v) is 16.7. The number of hydrogen-bond donors (Lipinski definition) is 2. The van der Waals surface area contributed by atoms with Crippen LogP contribution >= 0.6 is 23.1 Å². The number of hydrogen-bond acceptors (Lipinski definition) is 7. The zero-order chi connectivity index (χ0) is 19.8. The summed E-state index contributed by atoms with van der Waals surface area (Å²) in [6.45, 7) is 2.41. The highest BCUT2D eigenvalue weighted by Crippen LogP contribution is 2.24. The summed E-state index contributed by atoms with van der Waals surface area (Å²) in [6, 6.07) is 14.2. The first-order valence-corrected chi connectivity index (χ1v) is 10.4. The summed E-state index contributed by atoms with van der Waals surface area (Å²) in [5, 5.41) is 15.9. The van der Waals surface area contributed by atoms with Crippen molar-refractivity contribution in [2.24, 2.45) is 0 Å². The summed E-state index contributed by atoms with van der Waals surface area (Å²) in [6.07, 6.45) is 0. The van der Waals surface area contributed by atoms with Gasteiger partial charge in [-0.25, -0.2) is 0 Å². The van der Waals surface area contributed by atoms with Gasteiger partial charge in [-0.15, -0.1) is 21.5 Å². The quantitative estimate of drug-likeness (QED) is 0.543. The van der Waals surface area contributed by atoms with E-state index in [-0.39, 0.29) is 17.6 Å². The fraction of sp³-hybridized carbons (Fsp3) is 0.158. The molecule has 0 saturated carbocycles. The Morgan fingerprint density at radius 3 is 2.64 bits per heavy atom. The van der Waals surface area contributed by atoms with Gasteiger partial charge in [-0.3, -0.25) is 9.59 Å². The van der Waals surface area contributed by atoms with Crippen molar-refractivity contribution in [3.05, 3.63) is 58.8 Å². The van der Waals surface area contributed by atoms with Gasteiger partial charge in [0.25, 0.3) is 5.91 Å². The molecule has 2 N–H and O–H groups in total. The fourth-order valence-electron chi connectivity index (χ4n) is 2.23. The Bertz CT molecular complexity index is 931. The Labute approximate surface area is 170 Å². The van der Waals surface area contributed by atoms with E-state index in [1.165, 1.54) is 23.1 Å². The van der Waals surface area contributed by atoms with E-state index in [2.05, 4.69) is 20.8 Å². The summed E-state index contributed by atoms with van der Waals surface area (Å²) < 4.78 is 5.49. The Kier molecular flexibility index (Phi) is 6.99. The van der Waals surface area contributed by atoms with Crippen molar-refractivity contribution in [1.82, 2.24) is 10.2 Å². The van der Waals surface area contributed by atoms with Crippen LogP contribution in [0, 0.1) is 0 Å². The van der Waals surface area contributed by atoms with Crippen LogP contribution in [0.1, 0.15) is 16.6 Å². The van der Waals surface area contributed by atoms with Gasteiger partial charge < -0.3 is 15.4 Å². The Morgan fingerprint density at radius 1 is 1.07 bits per heavy atom. The van der Waals surface area contributed by atoms with Crippen LogP contribution in [0.5, 0.6) is 5.75 Å². The summed E-state index contributed by atoms with van der Waals surface area (Å²) >= 11 is 2.61. The third-order valence-electron chi connectivity index (χ3n) is 3.44. The third kappa shape index (κ3) is 5.54. The maximum Gasteiger partial charge on any atom is 0.266 e. The second-order valence-electron chi connectivity index (χ2n) is 5.45. The largest absolute Gasteiger partial charge is 0.492 e. The number of carbonyl (C=O) groups is 2. The number of rotatable bonds is 8. The molecule has 0 bridgehead atoms.